The van der Waals surface area contributed by atoms with Gasteiger partial charge in [-0.2, -0.15) is 15.0 Å². The van der Waals surface area contributed by atoms with Gasteiger partial charge >= 0.3 is 0 Å². The molecule has 1 rings (SSSR count). The molecule has 0 saturated heterocycles. The SMILES string of the molecule is CCN(CC)c1nc(NN)nc(NCC(C)(C)C(N)=O)n1. The number of aromatic nitrogens is 3. The van der Waals surface area contributed by atoms with Crippen molar-refractivity contribution in [2.45, 2.75) is 27.7 Å². The van der Waals surface area contributed by atoms with Crippen LogP contribution in [0.2, 0.25) is 0 Å². The van der Waals surface area contributed by atoms with E-state index in [9.17, 15) is 4.79 Å². The summed E-state index contributed by atoms with van der Waals surface area (Å²) in [5, 5.41) is 3.00. The van der Waals surface area contributed by atoms with Gasteiger partial charge in [0.1, 0.15) is 0 Å². The second kappa shape index (κ2) is 7.02. The van der Waals surface area contributed by atoms with Gasteiger partial charge in [-0.3, -0.25) is 10.2 Å². The zero-order valence-corrected chi connectivity index (χ0v) is 13.0. The highest BCUT2D eigenvalue weighted by molar-refractivity contribution is 5.80. The van der Waals surface area contributed by atoms with Crippen molar-refractivity contribution in [1.29, 1.82) is 0 Å². The van der Waals surface area contributed by atoms with E-state index >= 15 is 0 Å². The summed E-state index contributed by atoms with van der Waals surface area (Å²) < 4.78 is 0. The summed E-state index contributed by atoms with van der Waals surface area (Å²) in [4.78, 5) is 25.9. The molecule has 0 aliphatic carbocycles. The summed E-state index contributed by atoms with van der Waals surface area (Å²) in [6.45, 7) is 9.34. The number of carbonyl (C=O) groups excluding carboxylic acids is 1. The van der Waals surface area contributed by atoms with Gasteiger partial charge in [-0.1, -0.05) is 0 Å². The van der Waals surface area contributed by atoms with Gasteiger partial charge in [-0.15, -0.1) is 0 Å². The van der Waals surface area contributed by atoms with Crippen LogP contribution >= 0.6 is 0 Å². The number of amides is 1. The molecule has 0 atom stereocenters. The lowest BCUT2D eigenvalue weighted by Crippen LogP contribution is -2.37. The lowest BCUT2D eigenvalue weighted by Gasteiger charge is -2.22. The zero-order chi connectivity index (χ0) is 16.0. The van der Waals surface area contributed by atoms with Crippen LogP contribution in [0.5, 0.6) is 0 Å². The van der Waals surface area contributed by atoms with Crippen LogP contribution in [0.3, 0.4) is 0 Å². The molecule has 6 N–H and O–H groups in total. The molecule has 0 spiro atoms. The fraction of sp³-hybridized carbons (Fsp3) is 0.667. The number of nitrogens with zero attached hydrogens (tertiary/aromatic N) is 4. The maximum absolute atomic E-state index is 11.3. The minimum Gasteiger partial charge on any atom is -0.369 e. The normalized spacial score (nSPS) is 11.1. The van der Waals surface area contributed by atoms with Crippen LogP contribution in [0.4, 0.5) is 17.8 Å². The molecule has 9 heteroatoms. The first-order chi connectivity index (χ1) is 9.83. The summed E-state index contributed by atoms with van der Waals surface area (Å²) in [6.07, 6.45) is 0. The van der Waals surface area contributed by atoms with E-state index in [2.05, 4.69) is 25.7 Å². The van der Waals surface area contributed by atoms with Gasteiger partial charge in [0.2, 0.25) is 23.8 Å². The Morgan fingerprint density at radius 2 is 1.76 bits per heavy atom. The van der Waals surface area contributed by atoms with E-state index in [0.29, 0.717) is 18.4 Å². The highest BCUT2D eigenvalue weighted by Gasteiger charge is 2.25. The van der Waals surface area contributed by atoms with Crippen molar-refractivity contribution in [2.75, 3.05) is 35.3 Å². The number of hydrazine groups is 1. The number of primary amides is 1. The summed E-state index contributed by atoms with van der Waals surface area (Å²) in [7, 11) is 0. The topological polar surface area (TPSA) is 135 Å². The molecule has 0 radical (unpaired) electrons. The molecule has 0 aromatic carbocycles. The number of hydrogen-bond donors (Lipinski definition) is 4. The van der Waals surface area contributed by atoms with E-state index in [4.69, 9.17) is 11.6 Å². The first-order valence-corrected chi connectivity index (χ1v) is 6.85. The molecule has 0 saturated carbocycles. The third-order valence-electron chi connectivity index (χ3n) is 3.15. The Hall–Kier alpha value is -2.16. The molecular formula is C12H24N8O. The molecule has 0 fully saturated rings. The molecule has 0 bridgehead atoms. The van der Waals surface area contributed by atoms with Crippen molar-refractivity contribution in [3.63, 3.8) is 0 Å². The minimum absolute atomic E-state index is 0.256. The minimum atomic E-state index is -0.710. The van der Waals surface area contributed by atoms with E-state index in [-0.39, 0.29) is 5.95 Å². The summed E-state index contributed by atoms with van der Waals surface area (Å²) in [5.74, 6) is 6.09. The summed E-state index contributed by atoms with van der Waals surface area (Å²) in [6, 6.07) is 0. The van der Waals surface area contributed by atoms with E-state index < -0.39 is 11.3 Å². The fourth-order valence-corrected chi connectivity index (χ4v) is 1.54. The van der Waals surface area contributed by atoms with Gasteiger partial charge in [0.15, 0.2) is 0 Å². The van der Waals surface area contributed by atoms with Crippen LogP contribution in [-0.2, 0) is 4.79 Å². The van der Waals surface area contributed by atoms with Crippen molar-refractivity contribution < 1.29 is 4.79 Å². The monoisotopic (exact) mass is 296 g/mol. The van der Waals surface area contributed by atoms with Gasteiger partial charge in [0.25, 0.3) is 0 Å². The van der Waals surface area contributed by atoms with Crippen molar-refractivity contribution in [3.8, 4) is 0 Å². The molecule has 0 unspecified atom stereocenters. The Morgan fingerprint density at radius 3 is 2.24 bits per heavy atom. The second-order valence-electron chi connectivity index (χ2n) is 5.20. The van der Waals surface area contributed by atoms with Crippen LogP contribution in [0.15, 0.2) is 0 Å². The highest BCUT2D eigenvalue weighted by Crippen LogP contribution is 2.17. The fourth-order valence-electron chi connectivity index (χ4n) is 1.54. The Morgan fingerprint density at radius 1 is 1.19 bits per heavy atom. The van der Waals surface area contributed by atoms with Crippen molar-refractivity contribution in [2.24, 2.45) is 17.0 Å². The van der Waals surface area contributed by atoms with Crippen LogP contribution in [0, 0.1) is 5.41 Å². The molecule has 0 aliphatic heterocycles. The van der Waals surface area contributed by atoms with Crippen molar-refractivity contribution >= 4 is 23.8 Å². The third kappa shape index (κ3) is 4.42. The first kappa shape index (κ1) is 16.9. The number of rotatable bonds is 8. The number of nitrogens with two attached hydrogens (primary N) is 2. The highest BCUT2D eigenvalue weighted by atomic mass is 16.1. The molecule has 1 amide bonds. The van der Waals surface area contributed by atoms with E-state index in [0.717, 1.165) is 13.1 Å². The Kier molecular flexibility index (Phi) is 5.65. The summed E-state index contributed by atoms with van der Waals surface area (Å²) >= 11 is 0. The van der Waals surface area contributed by atoms with Crippen molar-refractivity contribution in [1.82, 2.24) is 15.0 Å². The smallest absolute Gasteiger partial charge is 0.243 e. The molecule has 1 heterocycles. The standard InChI is InChI=1S/C12H24N8O/c1-5-20(6-2)11-17-9(16-10(18-11)19-14)15-7-12(3,4)8(13)21/h5-7,14H2,1-4H3,(H2,13,21)(H2,15,16,17,18,19). The van der Waals surface area contributed by atoms with Gasteiger partial charge in [0.05, 0.1) is 5.41 Å². The van der Waals surface area contributed by atoms with Gasteiger partial charge in [-0.25, -0.2) is 5.84 Å². The van der Waals surface area contributed by atoms with E-state index in [1.54, 1.807) is 13.8 Å². The number of carbonyl (C=O) groups is 1. The maximum atomic E-state index is 11.3. The Bertz CT molecular complexity index is 486. The van der Waals surface area contributed by atoms with Gasteiger partial charge in [-0.05, 0) is 27.7 Å². The molecule has 118 valence electrons. The predicted octanol–water partition coefficient (Wildman–Crippen LogP) is -0.0732. The maximum Gasteiger partial charge on any atom is 0.243 e. The number of nitrogen functional groups attached to an aromatic ring is 1. The zero-order valence-electron chi connectivity index (χ0n) is 13.0. The predicted molar refractivity (Wildman–Crippen MR) is 82.7 cm³/mol. The quantitative estimate of drug-likeness (QED) is 0.386. The Balaban J connectivity index is 2.96. The molecule has 1 aromatic rings. The van der Waals surface area contributed by atoms with Crippen LogP contribution in [-0.4, -0.2) is 40.5 Å². The van der Waals surface area contributed by atoms with E-state index in [1.807, 2.05) is 18.7 Å². The van der Waals surface area contributed by atoms with E-state index in [1.165, 1.54) is 0 Å². The van der Waals surface area contributed by atoms with Gasteiger partial charge in [0, 0.05) is 19.6 Å². The Labute approximate surface area is 124 Å². The van der Waals surface area contributed by atoms with Gasteiger partial charge < -0.3 is 16.0 Å². The molecular weight excluding hydrogens is 272 g/mol. The lowest BCUT2D eigenvalue weighted by atomic mass is 9.93. The second-order valence-corrected chi connectivity index (χ2v) is 5.20. The largest absolute Gasteiger partial charge is 0.369 e. The third-order valence-corrected chi connectivity index (χ3v) is 3.15. The summed E-state index contributed by atoms with van der Waals surface area (Å²) in [5.41, 5.74) is 7.04. The lowest BCUT2D eigenvalue weighted by molar-refractivity contribution is -0.125. The van der Waals surface area contributed by atoms with Crippen LogP contribution in [0.25, 0.3) is 0 Å². The average molecular weight is 296 g/mol. The van der Waals surface area contributed by atoms with Crippen molar-refractivity contribution in [3.05, 3.63) is 0 Å². The van der Waals surface area contributed by atoms with Crippen LogP contribution in [0.1, 0.15) is 27.7 Å². The number of anilines is 3. The molecule has 0 aliphatic rings. The molecule has 21 heavy (non-hydrogen) atoms. The first-order valence-electron chi connectivity index (χ1n) is 6.85. The number of nitrogens with one attached hydrogen (secondary N) is 2. The molecule has 9 nitrogen and oxygen atoms in total. The number of hydrogen-bond acceptors (Lipinski definition) is 8. The molecule has 1 aromatic heterocycles. The average Bonchev–Trinajstić information content (AvgIpc) is 2.46. The van der Waals surface area contributed by atoms with Crippen LogP contribution < -0.4 is 27.2 Å².